The molecule has 2 amide bonds. The summed E-state index contributed by atoms with van der Waals surface area (Å²) in [6.45, 7) is 3.86. The minimum Gasteiger partial charge on any atom is -0.343 e. The fourth-order valence-corrected chi connectivity index (χ4v) is 7.64. The van der Waals surface area contributed by atoms with Crippen molar-refractivity contribution in [3.05, 3.63) is 138 Å². The highest BCUT2D eigenvalue weighted by atomic mass is 19.4. The molecule has 0 unspecified atom stereocenters. The maximum Gasteiger partial charge on any atom is 0.416 e. The van der Waals surface area contributed by atoms with Gasteiger partial charge in [0, 0.05) is 37.4 Å². The Morgan fingerprint density at radius 2 is 1.35 bits per heavy atom. The van der Waals surface area contributed by atoms with Gasteiger partial charge >= 0.3 is 12.4 Å². The van der Waals surface area contributed by atoms with Gasteiger partial charge in [0.25, 0.3) is 5.91 Å². The lowest BCUT2D eigenvalue weighted by Crippen LogP contribution is -2.42. The second kappa shape index (κ2) is 15.8. The molecule has 0 aliphatic heterocycles. The van der Waals surface area contributed by atoms with Gasteiger partial charge in [-0.1, -0.05) is 78.9 Å². The summed E-state index contributed by atoms with van der Waals surface area (Å²) in [7, 11) is 0. The van der Waals surface area contributed by atoms with Gasteiger partial charge in [-0.05, 0) is 90.0 Å². The predicted molar refractivity (Wildman–Crippen MR) is 209 cm³/mol. The number of rotatable bonds is 12. The highest BCUT2D eigenvalue weighted by molar-refractivity contribution is 6.09. The van der Waals surface area contributed by atoms with Crippen LogP contribution in [0, 0.1) is 0 Å². The third-order valence-corrected chi connectivity index (χ3v) is 10.3. The third kappa shape index (κ3) is 8.09. The molecule has 1 heterocycles. The molecule has 57 heavy (non-hydrogen) atoms. The minimum atomic E-state index is -4.61. The number of fused-ring (bicyclic) bond motifs is 4. The Hall–Kier alpha value is -6.11. The number of halogens is 6. The second-order valence-electron chi connectivity index (χ2n) is 13.9. The summed E-state index contributed by atoms with van der Waals surface area (Å²) in [4.78, 5) is 35.5. The van der Waals surface area contributed by atoms with Crippen molar-refractivity contribution >= 4 is 34.5 Å². The predicted octanol–water partition coefficient (Wildman–Crippen LogP) is 10.4. The molecule has 5 aromatic carbocycles. The molecule has 0 fully saturated rings. The first-order valence-corrected chi connectivity index (χ1v) is 18.6. The van der Waals surface area contributed by atoms with E-state index >= 15 is 0 Å². The topological polar surface area (TPSA) is 70.5 Å². The van der Waals surface area contributed by atoms with Crippen LogP contribution in [0.15, 0.2) is 115 Å². The summed E-state index contributed by atoms with van der Waals surface area (Å²) in [6, 6.07) is 31.0. The monoisotopic (exact) mass is 783 g/mol. The average Bonchev–Trinajstić information content (AvgIpc) is 3.72. The number of hydrogen-bond acceptors (Lipinski definition) is 4. The zero-order chi connectivity index (χ0) is 40.5. The zero-order valence-electron chi connectivity index (χ0n) is 31.2. The van der Waals surface area contributed by atoms with E-state index in [0.717, 1.165) is 28.2 Å². The number of carbonyl (C=O) groups is 2. The van der Waals surface area contributed by atoms with Gasteiger partial charge in [0.2, 0.25) is 11.9 Å². The van der Waals surface area contributed by atoms with Crippen LogP contribution in [0.2, 0.25) is 0 Å². The van der Waals surface area contributed by atoms with Crippen LogP contribution in [0.3, 0.4) is 0 Å². The Morgan fingerprint density at radius 3 is 1.95 bits per heavy atom. The number of aryl methyl sites for hydroxylation is 1. The van der Waals surface area contributed by atoms with E-state index < -0.39 is 42.2 Å². The number of carbonyl (C=O) groups excluding carboxylic acids is 2. The maximum absolute atomic E-state index is 14.1. The lowest BCUT2D eigenvalue weighted by Gasteiger charge is -2.28. The zero-order valence-corrected chi connectivity index (χ0v) is 31.2. The van der Waals surface area contributed by atoms with E-state index in [0.29, 0.717) is 58.0 Å². The van der Waals surface area contributed by atoms with Crippen LogP contribution in [-0.4, -0.2) is 58.6 Å². The molecule has 13 heteroatoms. The van der Waals surface area contributed by atoms with Crippen molar-refractivity contribution in [1.82, 2.24) is 14.5 Å². The number of nitrogens with zero attached hydrogens (tertiary/aromatic N) is 4. The van der Waals surface area contributed by atoms with Gasteiger partial charge in [0.15, 0.2) is 0 Å². The number of imidazole rings is 1. The van der Waals surface area contributed by atoms with E-state index in [9.17, 15) is 35.9 Å². The first-order chi connectivity index (χ1) is 27.3. The molecule has 0 saturated carbocycles. The van der Waals surface area contributed by atoms with Crippen molar-refractivity contribution in [3.8, 4) is 22.3 Å². The van der Waals surface area contributed by atoms with E-state index in [4.69, 9.17) is 4.98 Å². The molecule has 1 aliphatic carbocycles. The van der Waals surface area contributed by atoms with Crippen molar-refractivity contribution < 1.29 is 35.9 Å². The standard InChI is InChI=1S/C44H39F6N5O2/c1-3-53(4-2)42-52-37-26-30(51-40(56)36-17-10-5-12-31(36)28-18-20-29(21-19-28)44(48,49)50)22-23-38(37)55(42)25-11-24-54(27-43(45,46)47)41(57)39-34-15-8-6-13-32(34)33-14-7-9-16-35(33)39/h5-10,12-23,26,39H,3-4,11,24-25,27H2,1-2H3,(H,51,56). The number of nitrogens with one attached hydrogen (secondary N) is 1. The number of benzene rings is 5. The summed E-state index contributed by atoms with van der Waals surface area (Å²) < 4.78 is 83.6. The van der Waals surface area contributed by atoms with Gasteiger partial charge < -0.3 is 19.7 Å². The number of hydrogen-bond donors (Lipinski definition) is 1. The van der Waals surface area contributed by atoms with Crippen LogP contribution in [0.25, 0.3) is 33.3 Å². The highest BCUT2D eigenvalue weighted by Crippen LogP contribution is 2.45. The molecular weight excluding hydrogens is 745 g/mol. The molecule has 1 N–H and O–H groups in total. The summed E-state index contributed by atoms with van der Waals surface area (Å²) in [5, 5.41) is 2.88. The van der Waals surface area contributed by atoms with Crippen molar-refractivity contribution in [2.45, 2.75) is 45.1 Å². The summed E-state index contributed by atoms with van der Waals surface area (Å²) in [6.07, 6.45) is -8.90. The minimum absolute atomic E-state index is 0.150. The van der Waals surface area contributed by atoms with Crippen LogP contribution >= 0.6 is 0 Å². The number of amides is 2. The van der Waals surface area contributed by atoms with Gasteiger partial charge in [-0.2, -0.15) is 26.3 Å². The summed E-state index contributed by atoms with van der Waals surface area (Å²) in [5.74, 6) is -1.34. The molecule has 7 nitrogen and oxygen atoms in total. The van der Waals surface area contributed by atoms with Gasteiger partial charge in [-0.25, -0.2) is 4.98 Å². The molecular formula is C44H39F6N5O2. The van der Waals surface area contributed by atoms with Crippen molar-refractivity contribution in [1.29, 1.82) is 0 Å². The molecule has 1 aromatic heterocycles. The normalized spacial score (nSPS) is 12.7. The Kier molecular flexibility index (Phi) is 10.8. The van der Waals surface area contributed by atoms with E-state index in [2.05, 4.69) is 5.32 Å². The van der Waals surface area contributed by atoms with Crippen LogP contribution in [0.1, 0.15) is 53.2 Å². The largest absolute Gasteiger partial charge is 0.416 e. The van der Waals surface area contributed by atoms with Crippen LogP contribution in [-0.2, 0) is 17.5 Å². The van der Waals surface area contributed by atoms with Crippen molar-refractivity contribution in [2.75, 3.05) is 36.4 Å². The number of aromatic nitrogens is 2. The molecule has 0 atom stereocenters. The molecule has 1 aliphatic rings. The lowest BCUT2D eigenvalue weighted by molar-refractivity contribution is -0.161. The van der Waals surface area contributed by atoms with Crippen LogP contribution in [0.5, 0.6) is 0 Å². The Morgan fingerprint density at radius 1 is 0.754 bits per heavy atom. The first-order valence-electron chi connectivity index (χ1n) is 18.6. The third-order valence-electron chi connectivity index (χ3n) is 10.3. The molecule has 0 saturated heterocycles. The number of alkyl halides is 6. The second-order valence-corrected chi connectivity index (χ2v) is 13.9. The molecule has 0 radical (unpaired) electrons. The fraction of sp³-hybridized carbons (Fsp3) is 0.250. The summed E-state index contributed by atoms with van der Waals surface area (Å²) in [5.41, 5.74) is 5.06. The summed E-state index contributed by atoms with van der Waals surface area (Å²) >= 11 is 0. The fourth-order valence-electron chi connectivity index (χ4n) is 7.64. The smallest absolute Gasteiger partial charge is 0.343 e. The van der Waals surface area contributed by atoms with Gasteiger partial charge in [-0.15, -0.1) is 0 Å². The van der Waals surface area contributed by atoms with Gasteiger partial charge in [0.1, 0.15) is 6.54 Å². The Bertz CT molecular complexity index is 2370. The Balaban J connectivity index is 1.13. The quantitative estimate of drug-likeness (QED) is 0.126. The molecule has 7 rings (SSSR count). The van der Waals surface area contributed by atoms with Crippen molar-refractivity contribution in [2.24, 2.45) is 0 Å². The van der Waals surface area contributed by atoms with E-state index in [1.54, 1.807) is 66.7 Å². The van der Waals surface area contributed by atoms with Crippen molar-refractivity contribution in [3.63, 3.8) is 0 Å². The molecule has 6 aromatic rings. The highest BCUT2D eigenvalue weighted by Gasteiger charge is 2.40. The molecule has 0 bridgehead atoms. The number of anilines is 2. The lowest BCUT2D eigenvalue weighted by atomic mass is 9.95. The SMILES string of the molecule is CCN(CC)c1nc2cc(NC(=O)c3ccccc3-c3ccc(C(F)(F)F)cc3)ccc2n1CCCN(CC(F)(F)F)C(=O)C1c2ccccc2-c2ccccc21. The van der Waals surface area contributed by atoms with Gasteiger partial charge in [0.05, 0.1) is 22.5 Å². The first kappa shape index (κ1) is 39.1. The molecule has 0 spiro atoms. The average molecular weight is 784 g/mol. The molecule has 294 valence electrons. The Labute approximate surface area is 325 Å². The van der Waals surface area contributed by atoms with Crippen LogP contribution in [0.4, 0.5) is 38.0 Å². The van der Waals surface area contributed by atoms with E-state index in [1.807, 2.05) is 47.6 Å². The van der Waals surface area contributed by atoms with E-state index in [-0.39, 0.29) is 25.1 Å². The van der Waals surface area contributed by atoms with E-state index in [1.165, 1.54) is 12.1 Å². The maximum atomic E-state index is 14.1. The van der Waals surface area contributed by atoms with Gasteiger partial charge in [-0.3, -0.25) is 9.59 Å². The van der Waals surface area contributed by atoms with Crippen LogP contribution < -0.4 is 10.2 Å².